The number of carbonyl (C=O) groups excluding carboxylic acids is 1. The number of benzene rings is 2. The van der Waals surface area contributed by atoms with Crippen LogP contribution in [0.4, 0.5) is 20.6 Å². The maximum absolute atomic E-state index is 13.0. The molecule has 2 N–H and O–H groups in total. The Morgan fingerprint density at radius 3 is 2.40 bits per heavy atom. The summed E-state index contributed by atoms with van der Waals surface area (Å²) in [5.41, 5.74) is 2.37. The third kappa shape index (κ3) is 4.09. The van der Waals surface area contributed by atoms with Crippen LogP contribution in [0.5, 0.6) is 0 Å². The topological polar surface area (TPSA) is 41.1 Å². The molecule has 0 bridgehead atoms. The second kappa shape index (κ2) is 6.70. The number of halogens is 1. The predicted molar refractivity (Wildman–Crippen MR) is 79.5 cm³/mol. The van der Waals surface area contributed by atoms with E-state index in [2.05, 4.69) is 17.6 Å². The molecule has 0 heterocycles. The molecule has 0 spiro atoms. The van der Waals surface area contributed by atoms with Gasteiger partial charge in [-0.1, -0.05) is 31.5 Å². The lowest BCUT2D eigenvalue weighted by atomic mass is 10.1. The van der Waals surface area contributed by atoms with Gasteiger partial charge in [0.25, 0.3) is 0 Å². The van der Waals surface area contributed by atoms with E-state index in [1.807, 2.05) is 24.3 Å². The van der Waals surface area contributed by atoms with E-state index in [1.54, 1.807) is 12.1 Å². The summed E-state index contributed by atoms with van der Waals surface area (Å²) in [6.45, 7) is 2.12. The smallest absolute Gasteiger partial charge is 0.308 e. The first-order valence-electron chi connectivity index (χ1n) is 6.60. The van der Waals surface area contributed by atoms with E-state index in [-0.39, 0.29) is 11.8 Å². The number of amides is 2. The third-order valence-electron chi connectivity index (χ3n) is 2.83. The summed E-state index contributed by atoms with van der Waals surface area (Å²) >= 11 is 0. The van der Waals surface area contributed by atoms with Gasteiger partial charge in [0.15, 0.2) is 0 Å². The fourth-order valence-electron chi connectivity index (χ4n) is 1.90. The number of nitrogens with one attached hydrogen (secondary N) is 2. The molecule has 0 aliphatic heterocycles. The minimum Gasteiger partial charge on any atom is -0.308 e. The molecule has 0 unspecified atom stereocenters. The van der Waals surface area contributed by atoms with E-state index in [9.17, 15) is 9.18 Å². The van der Waals surface area contributed by atoms with Gasteiger partial charge in [0.05, 0.1) is 0 Å². The molecule has 2 aromatic carbocycles. The van der Waals surface area contributed by atoms with Gasteiger partial charge in [-0.2, -0.15) is 0 Å². The van der Waals surface area contributed by atoms with Crippen molar-refractivity contribution in [2.75, 3.05) is 10.6 Å². The van der Waals surface area contributed by atoms with Gasteiger partial charge in [-0.3, -0.25) is 0 Å². The first kappa shape index (κ1) is 14.1. The lowest BCUT2D eigenvalue weighted by Gasteiger charge is -2.08. The van der Waals surface area contributed by atoms with E-state index in [4.69, 9.17) is 0 Å². The molecule has 104 valence electrons. The van der Waals surface area contributed by atoms with Crippen LogP contribution in [0.1, 0.15) is 18.9 Å². The molecule has 0 fully saturated rings. The fourth-order valence-corrected chi connectivity index (χ4v) is 1.90. The van der Waals surface area contributed by atoms with E-state index in [1.165, 1.54) is 17.7 Å². The summed E-state index contributed by atoms with van der Waals surface area (Å²) in [7, 11) is 0. The summed E-state index contributed by atoms with van der Waals surface area (Å²) in [6.07, 6.45) is 2.11. The summed E-state index contributed by atoms with van der Waals surface area (Å²) in [6, 6.07) is 13.1. The molecule has 2 aromatic rings. The van der Waals surface area contributed by atoms with Crippen LogP contribution in [0.15, 0.2) is 48.5 Å². The molecule has 0 aliphatic rings. The summed E-state index contributed by atoms with van der Waals surface area (Å²) in [4.78, 5) is 11.8. The number of hydrogen-bond donors (Lipinski definition) is 2. The molecule has 0 atom stereocenters. The molecule has 0 saturated carbocycles. The van der Waals surface area contributed by atoms with Gasteiger partial charge in [-0.05, 0) is 42.3 Å². The average Bonchev–Trinajstić information content (AvgIpc) is 2.41. The first-order chi connectivity index (χ1) is 9.67. The normalized spacial score (nSPS) is 10.1. The van der Waals surface area contributed by atoms with Gasteiger partial charge in [0.1, 0.15) is 5.82 Å². The SMILES string of the molecule is CCCc1ccc(NC(=O)Nc2cccc(F)c2)cc1. The Morgan fingerprint density at radius 2 is 1.75 bits per heavy atom. The highest BCUT2D eigenvalue weighted by atomic mass is 19.1. The van der Waals surface area contributed by atoms with Gasteiger partial charge < -0.3 is 10.6 Å². The first-order valence-corrected chi connectivity index (χ1v) is 6.60. The van der Waals surface area contributed by atoms with Gasteiger partial charge in [0, 0.05) is 11.4 Å². The quantitative estimate of drug-likeness (QED) is 0.849. The van der Waals surface area contributed by atoms with Crippen LogP contribution >= 0.6 is 0 Å². The van der Waals surface area contributed by atoms with Crippen LogP contribution < -0.4 is 10.6 Å². The molecule has 0 aromatic heterocycles. The monoisotopic (exact) mass is 272 g/mol. The highest BCUT2D eigenvalue weighted by Gasteiger charge is 2.03. The van der Waals surface area contributed by atoms with E-state index >= 15 is 0 Å². The zero-order valence-electron chi connectivity index (χ0n) is 11.3. The Balaban J connectivity index is 1.94. The second-order valence-electron chi connectivity index (χ2n) is 4.54. The largest absolute Gasteiger partial charge is 0.323 e. The van der Waals surface area contributed by atoms with Crippen molar-refractivity contribution in [3.05, 3.63) is 59.9 Å². The zero-order chi connectivity index (χ0) is 14.4. The molecule has 2 rings (SSSR count). The predicted octanol–water partition coefficient (Wildman–Crippen LogP) is 4.42. The number of hydrogen-bond acceptors (Lipinski definition) is 1. The van der Waals surface area contributed by atoms with E-state index in [0.717, 1.165) is 12.8 Å². The standard InChI is InChI=1S/C16H17FN2O/c1-2-4-12-7-9-14(10-8-12)18-16(20)19-15-6-3-5-13(17)11-15/h3,5-11H,2,4H2,1H3,(H2,18,19,20). The van der Waals surface area contributed by atoms with Crippen molar-refractivity contribution in [2.45, 2.75) is 19.8 Å². The van der Waals surface area contributed by atoms with Gasteiger partial charge in [-0.15, -0.1) is 0 Å². The Kier molecular flexibility index (Phi) is 4.71. The van der Waals surface area contributed by atoms with Gasteiger partial charge in [-0.25, -0.2) is 9.18 Å². The third-order valence-corrected chi connectivity index (χ3v) is 2.83. The average molecular weight is 272 g/mol. The van der Waals surface area contributed by atoms with Crippen LogP contribution in [-0.4, -0.2) is 6.03 Å². The van der Waals surface area contributed by atoms with Gasteiger partial charge >= 0.3 is 6.03 Å². The molecular weight excluding hydrogens is 255 g/mol. The van der Waals surface area contributed by atoms with Crippen molar-refractivity contribution < 1.29 is 9.18 Å². The van der Waals surface area contributed by atoms with E-state index < -0.39 is 0 Å². The van der Waals surface area contributed by atoms with Crippen molar-refractivity contribution in [3.63, 3.8) is 0 Å². The molecule has 0 aliphatic carbocycles. The van der Waals surface area contributed by atoms with Crippen molar-refractivity contribution in [1.82, 2.24) is 0 Å². The number of rotatable bonds is 4. The second-order valence-corrected chi connectivity index (χ2v) is 4.54. The van der Waals surface area contributed by atoms with Crippen LogP contribution in [0.2, 0.25) is 0 Å². The Bertz CT molecular complexity index is 581. The maximum Gasteiger partial charge on any atom is 0.323 e. The Morgan fingerprint density at radius 1 is 1.05 bits per heavy atom. The number of carbonyl (C=O) groups is 1. The highest BCUT2D eigenvalue weighted by molar-refractivity contribution is 5.99. The van der Waals surface area contributed by atoms with E-state index in [0.29, 0.717) is 11.4 Å². The summed E-state index contributed by atoms with van der Waals surface area (Å²) < 4.78 is 13.0. The molecule has 0 radical (unpaired) electrons. The molecule has 3 nitrogen and oxygen atoms in total. The summed E-state index contributed by atoms with van der Waals surface area (Å²) in [5.74, 6) is -0.383. The van der Waals surface area contributed by atoms with Gasteiger partial charge in [0.2, 0.25) is 0 Å². The summed E-state index contributed by atoms with van der Waals surface area (Å²) in [5, 5.41) is 5.29. The fraction of sp³-hybridized carbons (Fsp3) is 0.188. The van der Waals surface area contributed by atoms with Crippen LogP contribution in [0, 0.1) is 5.82 Å². The zero-order valence-corrected chi connectivity index (χ0v) is 11.3. The number of aryl methyl sites for hydroxylation is 1. The van der Waals surface area contributed by atoms with Crippen LogP contribution in [-0.2, 0) is 6.42 Å². The van der Waals surface area contributed by atoms with Crippen molar-refractivity contribution >= 4 is 17.4 Å². The number of anilines is 2. The Hall–Kier alpha value is -2.36. The minimum atomic E-state index is -0.390. The molecule has 20 heavy (non-hydrogen) atoms. The molecule has 4 heteroatoms. The maximum atomic E-state index is 13.0. The molecular formula is C16H17FN2O. The lowest BCUT2D eigenvalue weighted by molar-refractivity contribution is 0.262. The van der Waals surface area contributed by atoms with Crippen molar-refractivity contribution in [3.8, 4) is 0 Å². The van der Waals surface area contributed by atoms with Crippen molar-refractivity contribution in [2.24, 2.45) is 0 Å². The number of urea groups is 1. The van der Waals surface area contributed by atoms with Crippen molar-refractivity contribution in [1.29, 1.82) is 0 Å². The molecule has 2 amide bonds. The minimum absolute atomic E-state index is 0.383. The van der Waals surface area contributed by atoms with Crippen LogP contribution in [0.25, 0.3) is 0 Å². The molecule has 0 saturated heterocycles. The lowest BCUT2D eigenvalue weighted by Crippen LogP contribution is -2.19. The Labute approximate surface area is 117 Å². The highest BCUT2D eigenvalue weighted by Crippen LogP contribution is 2.13. The van der Waals surface area contributed by atoms with Crippen LogP contribution in [0.3, 0.4) is 0 Å².